The molecule has 1 atom stereocenters. The van der Waals surface area contributed by atoms with Gasteiger partial charge < -0.3 is 5.32 Å². The second-order valence-electron chi connectivity index (χ2n) is 4.25. The zero-order valence-corrected chi connectivity index (χ0v) is 11.7. The molecule has 1 aliphatic heterocycles. The first-order valence-corrected chi connectivity index (χ1v) is 7.74. The lowest BCUT2D eigenvalue weighted by molar-refractivity contribution is 0.571. The van der Waals surface area contributed by atoms with E-state index in [1.54, 1.807) is 6.20 Å². The van der Waals surface area contributed by atoms with Crippen LogP contribution in [0.3, 0.4) is 0 Å². The lowest BCUT2D eigenvalue weighted by atomic mass is 10.0. The van der Waals surface area contributed by atoms with E-state index in [-0.39, 0.29) is 11.5 Å². The van der Waals surface area contributed by atoms with Gasteiger partial charge in [-0.15, -0.1) is 0 Å². The summed E-state index contributed by atoms with van der Waals surface area (Å²) in [6.07, 6.45) is 3.77. The van der Waals surface area contributed by atoms with Gasteiger partial charge in [0.25, 0.3) is 0 Å². The van der Waals surface area contributed by atoms with Gasteiger partial charge in [0.2, 0.25) is 0 Å². The Labute approximate surface area is 108 Å². The Morgan fingerprint density at radius 3 is 2.88 bits per heavy atom. The molecule has 7 heteroatoms. The molecule has 0 aromatic carbocycles. The average molecular weight is 353 g/mol. The lowest BCUT2D eigenvalue weighted by Gasteiger charge is -2.24. The maximum atomic E-state index is 11.4. The van der Waals surface area contributed by atoms with Gasteiger partial charge in [0.1, 0.15) is 12.1 Å². The van der Waals surface area contributed by atoms with Crippen LogP contribution in [-0.4, -0.2) is 35.4 Å². The number of rotatable bonds is 2. The summed E-state index contributed by atoms with van der Waals surface area (Å²) in [6, 6.07) is 0. The molecule has 1 aliphatic rings. The van der Waals surface area contributed by atoms with Crippen molar-refractivity contribution in [2.75, 3.05) is 16.8 Å². The van der Waals surface area contributed by atoms with Gasteiger partial charge in [-0.1, -0.05) is 0 Å². The predicted molar refractivity (Wildman–Crippen MR) is 70.0 cm³/mol. The van der Waals surface area contributed by atoms with Crippen LogP contribution in [-0.2, 0) is 9.84 Å². The fourth-order valence-electron chi connectivity index (χ4n) is 1.80. The van der Waals surface area contributed by atoms with Crippen molar-refractivity contribution in [3.63, 3.8) is 0 Å². The smallest absolute Gasteiger partial charge is 0.152 e. The summed E-state index contributed by atoms with van der Waals surface area (Å²) in [5.74, 6) is 1.12. The van der Waals surface area contributed by atoms with E-state index in [1.165, 1.54) is 6.33 Å². The first kappa shape index (κ1) is 12.0. The summed E-state index contributed by atoms with van der Waals surface area (Å²) in [5, 5.41) is 3.20. The summed E-state index contributed by atoms with van der Waals surface area (Å²) < 4.78 is 23.8. The van der Waals surface area contributed by atoms with Gasteiger partial charge in [0.15, 0.2) is 9.84 Å². The van der Waals surface area contributed by atoms with Crippen molar-refractivity contribution in [2.24, 2.45) is 0 Å². The first-order valence-electron chi connectivity index (χ1n) is 4.84. The number of sulfone groups is 1. The van der Waals surface area contributed by atoms with Crippen LogP contribution >= 0.6 is 22.6 Å². The van der Waals surface area contributed by atoms with Crippen LogP contribution in [0.4, 0.5) is 5.82 Å². The third kappa shape index (κ3) is 2.62. The Balaban J connectivity index is 2.20. The third-order valence-electron chi connectivity index (χ3n) is 2.59. The van der Waals surface area contributed by atoms with E-state index >= 15 is 0 Å². The number of halogens is 1. The number of anilines is 1. The topological polar surface area (TPSA) is 72.0 Å². The van der Waals surface area contributed by atoms with Gasteiger partial charge in [0, 0.05) is 6.20 Å². The SMILES string of the molecule is CC1(Nc2ncncc2I)CCS(=O)(=O)C1. The molecule has 0 amide bonds. The average Bonchev–Trinajstić information content (AvgIpc) is 2.45. The van der Waals surface area contributed by atoms with Gasteiger partial charge in [-0.25, -0.2) is 18.4 Å². The van der Waals surface area contributed by atoms with Crippen molar-refractivity contribution in [1.82, 2.24) is 9.97 Å². The fourth-order valence-corrected chi connectivity index (χ4v) is 4.33. The first-order chi connectivity index (χ1) is 7.40. The van der Waals surface area contributed by atoms with Crippen molar-refractivity contribution in [3.8, 4) is 0 Å². The van der Waals surface area contributed by atoms with Crippen molar-refractivity contribution >= 4 is 38.2 Å². The number of hydrogen-bond acceptors (Lipinski definition) is 5. The highest BCUT2D eigenvalue weighted by atomic mass is 127. The number of nitrogens with zero attached hydrogens (tertiary/aromatic N) is 2. The van der Waals surface area contributed by atoms with Gasteiger partial charge in [-0.3, -0.25) is 0 Å². The second kappa shape index (κ2) is 4.10. The van der Waals surface area contributed by atoms with Gasteiger partial charge in [0.05, 0.1) is 20.6 Å². The molecule has 0 saturated carbocycles. The van der Waals surface area contributed by atoms with Gasteiger partial charge >= 0.3 is 0 Å². The molecule has 1 aromatic rings. The van der Waals surface area contributed by atoms with E-state index in [4.69, 9.17) is 0 Å². The molecular weight excluding hydrogens is 341 g/mol. The Morgan fingerprint density at radius 2 is 2.31 bits per heavy atom. The quantitative estimate of drug-likeness (QED) is 0.806. The zero-order chi connectivity index (χ0) is 11.8. The molecule has 0 aliphatic carbocycles. The Bertz CT molecular complexity index is 505. The van der Waals surface area contributed by atoms with E-state index in [2.05, 4.69) is 37.9 Å². The van der Waals surface area contributed by atoms with Crippen molar-refractivity contribution in [2.45, 2.75) is 18.9 Å². The fraction of sp³-hybridized carbons (Fsp3) is 0.556. The minimum Gasteiger partial charge on any atom is -0.363 e. The van der Waals surface area contributed by atoms with E-state index in [0.29, 0.717) is 12.2 Å². The van der Waals surface area contributed by atoms with E-state index < -0.39 is 15.4 Å². The summed E-state index contributed by atoms with van der Waals surface area (Å²) in [6.45, 7) is 1.91. The molecule has 1 fully saturated rings. The van der Waals surface area contributed by atoms with E-state index in [1.807, 2.05) is 6.92 Å². The Morgan fingerprint density at radius 1 is 1.56 bits per heavy atom. The molecule has 88 valence electrons. The van der Waals surface area contributed by atoms with Crippen molar-refractivity contribution in [3.05, 3.63) is 16.1 Å². The standard InChI is InChI=1S/C9H12IN3O2S/c1-9(2-3-16(14,15)5-9)13-8-7(10)4-11-6-12-8/h4,6H,2-3,5H2,1H3,(H,11,12,13). The van der Waals surface area contributed by atoms with Crippen molar-refractivity contribution in [1.29, 1.82) is 0 Å². The zero-order valence-electron chi connectivity index (χ0n) is 8.77. The predicted octanol–water partition coefficient (Wildman–Crippen LogP) is 1.07. The molecule has 1 aromatic heterocycles. The molecule has 16 heavy (non-hydrogen) atoms. The largest absolute Gasteiger partial charge is 0.363 e. The van der Waals surface area contributed by atoms with Crippen molar-refractivity contribution < 1.29 is 8.42 Å². The minimum absolute atomic E-state index is 0.167. The van der Waals surface area contributed by atoms with Gasteiger partial charge in [-0.05, 0) is 35.9 Å². The number of hydrogen-bond donors (Lipinski definition) is 1. The van der Waals surface area contributed by atoms with Crippen LogP contribution in [0.2, 0.25) is 0 Å². The maximum absolute atomic E-state index is 11.4. The van der Waals surface area contributed by atoms with Crippen LogP contribution in [0.25, 0.3) is 0 Å². The Hall–Kier alpha value is -0.440. The molecule has 0 bridgehead atoms. The third-order valence-corrected chi connectivity index (χ3v) is 5.28. The molecule has 2 rings (SSSR count). The number of nitrogens with one attached hydrogen (secondary N) is 1. The highest BCUT2D eigenvalue weighted by Gasteiger charge is 2.38. The highest BCUT2D eigenvalue weighted by Crippen LogP contribution is 2.28. The van der Waals surface area contributed by atoms with Gasteiger partial charge in [-0.2, -0.15) is 0 Å². The molecule has 0 radical (unpaired) electrons. The normalized spacial score (nSPS) is 27.9. The van der Waals surface area contributed by atoms with Crippen LogP contribution < -0.4 is 5.32 Å². The molecule has 1 N–H and O–H groups in total. The summed E-state index contributed by atoms with van der Waals surface area (Å²) in [5.41, 5.74) is -0.410. The number of aromatic nitrogens is 2. The molecule has 0 spiro atoms. The van der Waals surface area contributed by atoms with E-state index in [0.717, 1.165) is 3.57 Å². The summed E-state index contributed by atoms with van der Waals surface area (Å²) in [4.78, 5) is 8.00. The summed E-state index contributed by atoms with van der Waals surface area (Å²) >= 11 is 2.13. The Kier molecular flexibility index (Phi) is 3.08. The van der Waals surface area contributed by atoms with Crippen LogP contribution in [0.1, 0.15) is 13.3 Å². The monoisotopic (exact) mass is 353 g/mol. The van der Waals surface area contributed by atoms with Crippen LogP contribution in [0.15, 0.2) is 12.5 Å². The molecule has 1 saturated heterocycles. The maximum Gasteiger partial charge on any atom is 0.152 e. The van der Waals surface area contributed by atoms with Crippen LogP contribution in [0, 0.1) is 3.57 Å². The molecule has 1 unspecified atom stereocenters. The summed E-state index contributed by atoms with van der Waals surface area (Å²) in [7, 11) is -2.90. The minimum atomic E-state index is -2.90. The lowest BCUT2D eigenvalue weighted by Crippen LogP contribution is -2.36. The molecular formula is C9H12IN3O2S. The van der Waals surface area contributed by atoms with E-state index in [9.17, 15) is 8.42 Å². The van der Waals surface area contributed by atoms with Crippen LogP contribution in [0.5, 0.6) is 0 Å². The second-order valence-corrected chi connectivity index (χ2v) is 7.59. The molecule has 2 heterocycles. The molecule has 5 nitrogen and oxygen atoms in total. The highest BCUT2D eigenvalue weighted by molar-refractivity contribution is 14.1.